The van der Waals surface area contributed by atoms with Crippen LogP contribution < -0.4 is 0 Å². The lowest BCUT2D eigenvalue weighted by Gasteiger charge is -2.05. The molecule has 0 spiro atoms. The summed E-state index contributed by atoms with van der Waals surface area (Å²) in [5.41, 5.74) is 0.956. The summed E-state index contributed by atoms with van der Waals surface area (Å²) in [5, 5.41) is 9.24. The lowest BCUT2D eigenvalue weighted by atomic mass is 10.1. The fourth-order valence-corrected chi connectivity index (χ4v) is 1.34. The summed E-state index contributed by atoms with van der Waals surface area (Å²) in [7, 11) is 0. The van der Waals surface area contributed by atoms with Crippen molar-refractivity contribution in [3.05, 3.63) is 34.3 Å². The summed E-state index contributed by atoms with van der Waals surface area (Å²) in [5.74, 6) is 0. The summed E-state index contributed by atoms with van der Waals surface area (Å²) >= 11 is 3.35. The third-order valence-corrected chi connectivity index (χ3v) is 2.18. The Morgan fingerprint density at radius 1 is 1.64 bits per heavy atom. The number of hydrogen-bond donors (Lipinski definition) is 1. The van der Waals surface area contributed by atoms with E-state index in [0.717, 1.165) is 10.0 Å². The molecule has 1 aromatic rings. The molecule has 0 aromatic heterocycles. The minimum atomic E-state index is -1.39. The van der Waals surface area contributed by atoms with Crippen molar-refractivity contribution in [2.45, 2.75) is 19.4 Å². The van der Waals surface area contributed by atoms with Gasteiger partial charge in [0.1, 0.15) is 0 Å². The molecule has 0 aliphatic rings. The van der Waals surface area contributed by atoms with Gasteiger partial charge in [-0.05, 0) is 25.0 Å². The quantitative estimate of drug-likeness (QED) is 0.804. The first-order valence-electron chi connectivity index (χ1n) is 3.95. The molecule has 0 unspecified atom stereocenters. The monoisotopic (exact) mass is 215 g/mol. The van der Waals surface area contributed by atoms with Crippen LogP contribution in [0.5, 0.6) is 0 Å². The molecule has 1 rings (SSSR count). The Morgan fingerprint density at radius 3 is 2.82 bits per heavy atom. The van der Waals surface area contributed by atoms with E-state index in [1.54, 1.807) is 0 Å². The summed E-state index contributed by atoms with van der Waals surface area (Å²) < 4.78 is 8.24. The fourth-order valence-electron chi connectivity index (χ4n) is 0.917. The van der Waals surface area contributed by atoms with Crippen LogP contribution in [0.3, 0.4) is 0 Å². The van der Waals surface area contributed by atoms with Gasteiger partial charge in [-0.15, -0.1) is 0 Å². The number of hydrogen-bond acceptors (Lipinski definition) is 1. The van der Waals surface area contributed by atoms with Crippen molar-refractivity contribution in [3.8, 4) is 0 Å². The van der Waals surface area contributed by atoms with E-state index in [1.165, 1.54) is 6.92 Å². The molecule has 0 heterocycles. The Bertz CT molecular complexity index is 267. The number of halogens is 1. The lowest BCUT2D eigenvalue weighted by molar-refractivity contribution is 0.195. The first-order chi connectivity index (χ1) is 5.49. The molecule has 1 aromatic carbocycles. The molecule has 1 atom stereocenters. The molecule has 0 aliphatic carbocycles. The molecule has 0 radical (unpaired) electrons. The SMILES string of the molecule is [2H][C@](C)(O)Cc1ccccc1Br. The van der Waals surface area contributed by atoms with Gasteiger partial charge in [-0.1, -0.05) is 34.1 Å². The molecule has 60 valence electrons. The zero-order valence-corrected chi connectivity index (χ0v) is 7.93. The standard InChI is InChI=1S/C9H11BrO/c1-7(11)6-8-4-2-3-5-9(8)10/h2-5,7,11H,6H2,1H3/t7-/m1/s1/i7D. The predicted molar refractivity (Wildman–Crippen MR) is 49.5 cm³/mol. The second-order valence-corrected chi connectivity index (χ2v) is 3.36. The van der Waals surface area contributed by atoms with Crippen LogP contribution in [0.4, 0.5) is 0 Å². The molecule has 1 nitrogen and oxygen atoms in total. The van der Waals surface area contributed by atoms with Crippen LogP contribution in [0, 0.1) is 0 Å². The molecule has 2 heteroatoms. The third-order valence-electron chi connectivity index (χ3n) is 1.40. The van der Waals surface area contributed by atoms with Gasteiger partial charge < -0.3 is 5.11 Å². The number of rotatable bonds is 2. The third kappa shape index (κ3) is 2.64. The highest BCUT2D eigenvalue weighted by atomic mass is 79.9. The molecule has 0 amide bonds. The smallest absolute Gasteiger partial charge is 0.0601 e. The highest BCUT2D eigenvalue weighted by molar-refractivity contribution is 9.10. The maximum absolute atomic E-state index is 9.24. The summed E-state index contributed by atoms with van der Waals surface area (Å²) in [6, 6.07) is 7.60. The molecular weight excluding hydrogens is 204 g/mol. The molecule has 0 saturated carbocycles. The van der Waals surface area contributed by atoms with Gasteiger partial charge in [-0.2, -0.15) is 0 Å². The van der Waals surface area contributed by atoms with E-state index in [9.17, 15) is 5.11 Å². The van der Waals surface area contributed by atoms with Crippen LogP contribution in [0.25, 0.3) is 0 Å². The van der Waals surface area contributed by atoms with Crippen molar-refractivity contribution < 1.29 is 6.48 Å². The van der Waals surface area contributed by atoms with Crippen LogP contribution in [0.15, 0.2) is 28.7 Å². The molecule has 0 saturated heterocycles. The molecular formula is C9H11BrO. The summed E-state index contributed by atoms with van der Waals surface area (Å²) in [4.78, 5) is 0. The molecule has 11 heavy (non-hydrogen) atoms. The average Bonchev–Trinajstić information content (AvgIpc) is 1.91. The molecule has 1 N–H and O–H groups in total. The normalized spacial score (nSPS) is 17.2. The number of benzene rings is 1. The molecule has 0 bridgehead atoms. The molecule has 0 fully saturated rings. The Balaban J connectivity index is 2.83. The second kappa shape index (κ2) is 3.88. The van der Waals surface area contributed by atoms with Crippen LogP contribution in [0.2, 0.25) is 0 Å². The Morgan fingerprint density at radius 2 is 2.27 bits per heavy atom. The Labute approximate surface area is 76.6 Å². The van der Waals surface area contributed by atoms with Crippen LogP contribution >= 0.6 is 15.9 Å². The van der Waals surface area contributed by atoms with E-state index in [0.29, 0.717) is 6.42 Å². The molecule has 0 aliphatic heterocycles. The van der Waals surface area contributed by atoms with E-state index >= 15 is 0 Å². The zero-order valence-electron chi connectivity index (χ0n) is 7.34. The second-order valence-electron chi connectivity index (χ2n) is 2.50. The van der Waals surface area contributed by atoms with Crippen molar-refractivity contribution in [3.63, 3.8) is 0 Å². The zero-order chi connectivity index (χ0) is 9.19. The van der Waals surface area contributed by atoms with Crippen molar-refractivity contribution in [1.82, 2.24) is 0 Å². The van der Waals surface area contributed by atoms with E-state index in [2.05, 4.69) is 15.9 Å². The van der Waals surface area contributed by atoms with Crippen molar-refractivity contribution in [1.29, 1.82) is 0 Å². The maximum Gasteiger partial charge on any atom is 0.0601 e. The van der Waals surface area contributed by atoms with E-state index in [1.807, 2.05) is 24.3 Å². The van der Waals surface area contributed by atoms with E-state index < -0.39 is 6.08 Å². The van der Waals surface area contributed by atoms with Gasteiger partial charge in [0.05, 0.1) is 7.45 Å². The van der Waals surface area contributed by atoms with E-state index in [4.69, 9.17) is 1.37 Å². The highest BCUT2D eigenvalue weighted by Crippen LogP contribution is 2.17. The first kappa shape index (κ1) is 7.32. The lowest BCUT2D eigenvalue weighted by Crippen LogP contribution is -2.04. The Kier molecular flexibility index (Phi) is 2.58. The van der Waals surface area contributed by atoms with Gasteiger partial charge >= 0.3 is 0 Å². The van der Waals surface area contributed by atoms with Gasteiger partial charge in [0, 0.05) is 4.47 Å². The first-order valence-corrected chi connectivity index (χ1v) is 4.24. The van der Waals surface area contributed by atoms with Crippen LogP contribution in [-0.4, -0.2) is 11.2 Å². The summed E-state index contributed by atoms with van der Waals surface area (Å²) in [6.45, 7) is 1.48. The van der Waals surface area contributed by atoms with Gasteiger partial charge in [0.15, 0.2) is 0 Å². The van der Waals surface area contributed by atoms with Crippen LogP contribution in [-0.2, 0) is 6.42 Å². The maximum atomic E-state index is 9.24. The van der Waals surface area contributed by atoms with Gasteiger partial charge in [0.2, 0.25) is 0 Å². The van der Waals surface area contributed by atoms with Crippen molar-refractivity contribution in [2.24, 2.45) is 0 Å². The van der Waals surface area contributed by atoms with Gasteiger partial charge in [-0.25, -0.2) is 0 Å². The minimum Gasteiger partial charge on any atom is -0.393 e. The van der Waals surface area contributed by atoms with Gasteiger partial charge in [0.25, 0.3) is 0 Å². The topological polar surface area (TPSA) is 20.2 Å². The largest absolute Gasteiger partial charge is 0.393 e. The minimum absolute atomic E-state index is 0.342. The van der Waals surface area contributed by atoms with Crippen LogP contribution in [0.1, 0.15) is 13.9 Å². The average molecular weight is 216 g/mol. The van der Waals surface area contributed by atoms with Crippen molar-refractivity contribution >= 4 is 15.9 Å². The number of aliphatic hydroxyl groups is 1. The highest BCUT2D eigenvalue weighted by Gasteiger charge is 2.01. The summed E-state index contributed by atoms with van der Waals surface area (Å²) in [6.07, 6.45) is -1.04. The Hall–Kier alpha value is -0.340. The fraction of sp³-hybridized carbons (Fsp3) is 0.333. The predicted octanol–water partition coefficient (Wildman–Crippen LogP) is 2.37. The van der Waals surface area contributed by atoms with E-state index in [-0.39, 0.29) is 0 Å². The van der Waals surface area contributed by atoms with Gasteiger partial charge in [-0.3, -0.25) is 0 Å². The van der Waals surface area contributed by atoms with Crippen molar-refractivity contribution in [2.75, 3.05) is 0 Å².